The number of halogens is 8. The fourth-order valence-electron chi connectivity index (χ4n) is 5.17. The Morgan fingerprint density at radius 3 is 1.15 bits per heavy atom. The molecule has 0 N–H and O–H groups in total. The molecule has 6 aromatic carbocycles. The average Bonchev–Trinajstić information content (AvgIpc) is 3.58. The normalized spacial score (nSPS) is 11.0. The van der Waals surface area contributed by atoms with Crippen LogP contribution < -0.4 is 0 Å². The molecule has 0 unspecified atom stereocenters. The molecule has 0 aliphatic heterocycles. The van der Waals surface area contributed by atoms with Gasteiger partial charge in [0.1, 0.15) is 0 Å². The molecule has 0 aliphatic carbocycles. The van der Waals surface area contributed by atoms with Gasteiger partial charge in [0.2, 0.25) is 0 Å². The van der Waals surface area contributed by atoms with Crippen molar-refractivity contribution >= 4 is 48.1 Å². The van der Waals surface area contributed by atoms with E-state index < -0.39 is 44.3 Å². The Morgan fingerprint density at radius 2 is 0.870 bits per heavy atom. The Hall–Kier alpha value is -2.64. The zero-order valence-electron chi connectivity index (χ0n) is 25.4. The summed E-state index contributed by atoms with van der Waals surface area (Å²) in [7, 11) is 11.0. The van der Waals surface area contributed by atoms with Crippen LogP contribution in [0.3, 0.4) is 0 Å². The van der Waals surface area contributed by atoms with Crippen LogP contribution in [0.25, 0.3) is 43.8 Å². The van der Waals surface area contributed by atoms with E-state index in [0.29, 0.717) is 21.9 Å². The van der Waals surface area contributed by atoms with Gasteiger partial charge in [-0.15, -0.1) is 56.9 Å². The van der Waals surface area contributed by atoms with E-state index in [-0.39, 0.29) is 11.1 Å². The Balaban J connectivity index is 0.000000214. The molecule has 6 rings (SSSR count). The summed E-state index contributed by atoms with van der Waals surface area (Å²) in [4.78, 5) is 0. The molecule has 0 amide bonds. The van der Waals surface area contributed by atoms with Crippen LogP contribution >= 0.6 is 17.0 Å². The van der Waals surface area contributed by atoms with Crippen LogP contribution in [0.2, 0.25) is 13.1 Å². The minimum absolute atomic E-state index is 0.267. The van der Waals surface area contributed by atoms with Gasteiger partial charge in [0.15, 0.2) is 0 Å². The molecular weight excluding hydrogens is 737 g/mol. The molecule has 6 aromatic rings. The molecule has 2 radical (unpaired) electrons. The van der Waals surface area contributed by atoms with Gasteiger partial charge in [0.25, 0.3) is 0 Å². The van der Waals surface area contributed by atoms with Gasteiger partial charge in [-0.2, -0.15) is 38.5 Å². The molecule has 0 aliphatic rings. The molecular formula is C36H30Cl2F6SiZr. The van der Waals surface area contributed by atoms with Gasteiger partial charge in [-0.25, -0.2) is 0 Å². The van der Waals surface area contributed by atoms with E-state index in [0.717, 1.165) is 31.4 Å². The first-order chi connectivity index (χ1) is 21.8. The number of hydrogen-bond acceptors (Lipinski definition) is 0. The molecule has 238 valence electrons. The fourth-order valence-corrected chi connectivity index (χ4v) is 5.17. The summed E-state index contributed by atoms with van der Waals surface area (Å²) in [5.74, 6) is 0. The minimum atomic E-state index is -4.36. The van der Waals surface area contributed by atoms with Gasteiger partial charge in [-0.05, 0) is 11.1 Å². The Labute approximate surface area is 286 Å². The summed E-state index contributed by atoms with van der Waals surface area (Å²) in [6.45, 7) is 8.09. The van der Waals surface area contributed by atoms with Crippen LogP contribution in [0.1, 0.15) is 22.3 Å². The van der Waals surface area contributed by atoms with E-state index in [2.05, 4.69) is 13.1 Å². The number of aryl methyl sites for hydroxylation is 2. The third kappa shape index (κ3) is 9.70. The Kier molecular flexibility index (Phi) is 13.9. The third-order valence-corrected chi connectivity index (χ3v) is 6.80. The summed E-state index contributed by atoms with van der Waals surface area (Å²) in [6.07, 6.45) is -8.71. The number of benzene rings is 4. The van der Waals surface area contributed by atoms with Crippen LogP contribution in [0.4, 0.5) is 26.3 Å². The zero-order chi connectivity index (χ0) is 34.1. The number of alkyl halides is 6. The van der Waals surface area contributed by atoms with E-state index in [9.17, 15) is 26.3 Å². The van der Waals surface area contributed by atoms with Gasteiger partial charge in [0.05, 0.1) is 0 Å². The van der Waals surface area contributed by atoms with Crippen LogP contribution in [0.5, 0.6) is 0 Å². The predicted molar refractivity (Wildman–Crippen MR) is 179 cm³/mol. The van der Waals surface area contributed by atoms with Gasteiger partial charge in [0, 0.05) is 20.6 Å². The SMILES string of the molecule is C[Si]C.Cc1cc2c(-c3ccccc3)c(C(F)(F)F)ccc2[cH-]1.Cc1cc2c(-c3ccccc3)c(C(F)(F)F)ccc2[cH-]1.[Cl][Zr+2][Cl]. The quantitative estimate of drug-likeness (QED) is 0.0935. The van der Waals surface area contributed by atoms with Crippen molar-refractivity contribution in [2.75, 3.05) is 0 Å². The van der Waals surface area contributed by atoms with Gasteiger partial charge >= 0.3 is 50.2 Å². The topological polar surface area (TPSA) is 0 Å². The monoisotopic (exact) mass is 764 g/mol. The van der Waals surface area contributed by atoms with Crippen molar-refractivity contribution in [1.82, 2.24) is 0 Å². The van der Waals surface area contributed by atoms with Crippen molar-refractivity contribution in [2.45, 2.75) is 39.3 Å². The van der Waals surface area contributed by atoms with E-state index >= 15 is 0 Å². The van der Waals surface area contributed by atoms with Crippen LogP contribution in [-0.2, 0) is 33.2 Å². The van der Waals surface area contributed by atoms with Crippen molar-refractivity contribution in [3.05, 3.63) is 131 Å². The molecule has 0 atom stereocenters. The molecule has 10 heteroatoms. The molecule has 0 fully saturated rings. The zero-order valence-corrected chi connectivity index (χ0v) is 30.4. The van der Waals surface area contributed by atoms with Gasteiger partial charge < -0.3 is 0 Å². The molecule has 0 spiro atoms. The van der Waals surface area contributed by atoms with Crippen LogP contribution in [0.15, 0.2) is 109 Å². The maximum absolute atomic E-state index is 13.3. The average molecular weight is 767 g/mol. The number of fused-ring (bicyclic) bond motifs is 2. The summed E-state index contributed by atoms with van der Waals surface area (Å²) >= 11 is -0.826. The Bertz CT molecular complexity index is 1690. The van der Waals surface area contributed by atoms with Crippen molar-refractivity contribution in [3.8, 4) is 22.3 Å². The summed E-state index contributed by atoms with van der Waals surface area (Å²) in [5, 5.41) is 3.00. The van der Waals surface area contributed by atoms with Crippen LogP contribution in [-0.4, -0.2) is 9.52 Å². The molecule has 0 saturated carbocycles. The van der Waals surface area contributed by atoms with Crippen molar-refractivity contribution in [3.63, 3.8) is 0 Å². The van der Waals surface area contributed by atoms with Gasteiger partial charge in [-0.3, -0.25) is 0 Å². The maximum atomic E-state index is 13.3. The van der Waals surface area contributed by atoms with E-state index in [4.69, 9.17) is 17.0 Å². The fraction of sp³-hybridized carbons (Fsp3) is 0.167. The second-order valence-corrected chi connectivity index (χ2v) is 15.1. The van der Waals surface area contributed by atoms with Crippen molar-refractivity contribution < 1.29 is 47.2 Å². The first-order valence-electron chi connectivity index (χ1n) is 14.0. The molecule has 0 bridgehead atoms. The van der Waals surface area contributed by atoms with Crippen molar-refractivity contribution in [2.24, 2.45) is 0 Å². The van der Waals surface area contributed by atoms with Gasteiger partial charge in [-0.1, -0.05) is 111 Å². The molecule has 0 nitrogen and oxygen atoms in total. The molecule has 0 heterocycles. The Morgan fingerprint density at radius 1 is 0.565 bits per heavy atom. The molecule has 46 heavy (non-hydrogen) atoms. The van der Waals surface area contributed by atoms with E-state index in [1.807, 2.05) is 38.1 Å². The first kappa shape index (κ1) is 37.8. The molecule has 0 saturated heterocycles. The predicted octanol–water partition coefficient (Wildman–Crippen LogP) is 13.3. The van der Waals surface area contributed by atoms with E-state index in [1.54, 1.807) is 60.7 Å². The van der Waals surface area contributed by atoms with Crippen LogP contribution in [0, 0.1) is 13.8 Å². The summed E-state index contributed by atoms with van der Waals surface area (Å²) < 4.78 is 79.6. The number of rotatable bonds is 2. The standard InChI is InChI=1S/2C17H12F3.C2H6Si.2ClH.Zr/c2*1-11-9-13-7-8-15(17(18,19)20)16(14(13)10-11)12-5-3-2-4-6-12;1-3-2;;;/h2*2-10H,1H3;1-2H3;2*1H;/q2*-1;;;;+4/p-2. The third-order valence-electron chi connectivity index (χ3n) is 6.80. The van der Waals surface area contributed by atoms with E-state index in [1.165, 1.54) is 24.3 Å². The number of hydrogen-bond donors (Lipinski definition) is 0. The summed E-state index contributed by atoms with van der Waals surface area (Å²) in [5.41, 5.74) is 2.50. The summed E-state index contributed by atoms with van der Waals surface area (Å²) in [6, 6.07) is 30.3. The first-order valence-corrected chi connectivity index (χ1v) is 22.3. The molecule has 0 aromatic heterocycles. The second kappa shape index (κ2) is 17.0. The van der Waals surface area contributed by atoms with Crippen molar-refractivity contribution in [1.29, 1.82) is 0 Å². The second-order valence-electron chi connectivity index (χ2n) is 10.3.